The molecule has 2 N–H and O–H groups in total. The van der Waals surface area contributed by atoms with Crippen molar-refractivity contribution in [2.24, 2.45) is 0 Å². The minimum absolute atomic E-state index is 0.0681. The van der Waals surface area contributed by atoms with E-state index in [0.717, 1.165) is 6.07 Å². The fourth-order valence-electron chi connectivity index (χ4n) is 1.05. The fourth-order valence-corrected chi connectivity index (χ4v) is 2.09. The normalized spacial score (nSPS) is 11.0. The van der Waals surface area contributed by atoms with Gasteiger partial charge in [0.2, 0.25) is 10.0 Å². The summed E-state index contributed by atoms with van der Waals surface area (Å²) in [4.78, 5) is 10.6. The highest BCUT2D eigenvalue weighted by Gasteiger charge is 2.14. The molecule has 1 aromatic carbocycles. The number of benzene rings is 1. The van der Waals surface area contributed by atoms with Gasteiger partial charge in [0.15, 0.2) is 0 Å². The second-order valence-electron chi connectivity index (χ2n) is 2.97. The van der Waals surface area contributed by atoms with Gasteiger partial charge in [0.1, 0.15) is 0 Å². The quantitative estimate of drug-likeness (QED) is 0.748. The number of aromatic carboxylic acids is 1. The van der Waals surface area contributed by atoms with Crippen molar-refractivity contribution < 1.29 is 18.3 Å². The van der Waals surface area contributed by atoms with E-state index in [9.17, 15) is 13.2 Å². The molecule has 1 rings (SSSR count). The van der Waals surface area contributed by atoms with Crippen molar-refractivity contribution in [3.63, 3.8) is 0 Å². The van der Waals surface area contributed by atoms with Gasteiger partial charge in [0, 0.05) is 6.54 Å². The Labute approximate surface area is 93.5 Å². The van der Waals surface area contributed by atoms with Crippen LogP contribution in [0.25, 0.3) is 0 Å². The van der Waals surface area contributed by atoms with E-state index in [0.29, 0.717) is 0 Å². The van der Waals surface area contributed by atoms with Crippen LogP contribution in [0.15, 0.2) is 41.8 Å². The Balaban J connectivity index is 3.08. The van der Waals surface area contributed by atoms with Gasteiger partial charge >= 0.3 is 5.97 Å². The van der Waals surface area contributed by atoms with Gasteiger partial charge in [-0.2, -0.15) is 0 Å². The average molecular weight is 241 g/mol. The van der Waals surface area contributed by atoms with Crippen LogP contribution in [-0.2, 0) is 10.0 Å². The fraction of sp³-hybridized carbons (Fsp3) is 0.100. The van der Waals surface area contributed by atoms with Crippen LogP contribution in [0.5, 0.6) is 0 Å². The van der Waals surface area contributed by atoms with E-state index >= 15 is 0 Å². The molecule has 0 unspecified atom stereocenters. The predicted molar refractivity (Wildman–Crippen MR) is 58.8 cm³/mol. The minimum Gasteiger partial charge on any atom is -0.478 e. The number of carbonyl (C=O) groups is 1. The van der Waals surface area contributed by atoms with Crippen LogP contribution in [0, 0.1) is 0 Å². The molecule has 0 bridgehead atoms. The zero-order valence-corrected chi connectivity index (χ0v) is 9.20. The van der Waals surface area contributed by atoms with Crippen LogP contribution < -0.4 is 4.72 Å². The van der Waals surface area contributed by atoms with E-state index in [2.05, 4.69) is 11.3 Å². The molecular formula is C10H11NO4S. The van der Waals surface area contributed by atoms with Gasteiger partial charge in [-0.3, -0.25) is 0 Å². The SMILES string of the molecule is C=CCNS(=O)(=O)c1cccc(C(=O)O)c1. The molecule has 16 heavy (non-hydrogen) atoms. The zero-order valence-electron chi connectivity index (χ0n) is 8.38. The lowest BCUT2D eigenvalue weighted by molar-refractivity contribution is 0.0696. The Morgan fingerprint density at radius 2 is 2.19 bits per heavy atom. The summed E-state index contributed by atoms with van der Waals surface area (Å²) in [5, 5.41) is 8.72. The van der Waals surface area contributed by atoms with Crippen molar-refractivity contribution >= 4 is 16.0 Å². The molecule has 1 aromatic rings. The van der Waals surface area contributed by atoms with Crippen LogP contribution in [0.2, 0.25) is 0 Å². The van der Waals surface area contributed by atoms with Crippen LogP contribution in [0.4, 0.5) is 0 Å². The Bertz CT molecular complexity index is 507. The third-order valence-electron chi connectivity index (χ3n) is 1.81. The Kier molecular flexibility index (Phi) is 3.81. The molecule has 0 saturated heterocycles. The van der Waals surface area contributed by atoms with E-state index in [1.807, 2.05) is 0 Å². The first-order valence-electron chi connectivity index (χ1n) is 4.41. The maximum Gasteiger partial charge on any atom is 0.335 e. The molecule has 0 aliphatic rings. The number of hydrogen-bond donors (Lipinski definition) is 2. The van der Waals surface area contributed by atoms with Crippen molar-refractivity contribution in [2.75, 3.05) is 6.54 Å². The van der Waals surface area contributed by atoms with E-state index in [-0.39, 0.29) is 17.0 Å². The molecule has 0 aliphatic heterocycles. The van der Waals surface area contributed by atoms with E-state index in [4.69, 9.17) is 5.11 Å². The first-order chi connectivity index (χ1) is 7.47. The summed E-state index contributed by atoms with van der Waals surface area (Å²) in [5.41, 5.74) is -0.0681. The van der Waals surface area contributed by atoms with Crippen molar-refractivity contribution in [3.8, 4) is 0 Å². The highest BCUT2D eigenvalue weighted by atomic mass is 32.2. The van der Waals surface area contributed by atoms with Gasteiger partial charge in [-0.05, 0) is 18.2 Å². The van der Waals surface area contributed by atoms with Gasteiger partial charge in [-0.1, -0.05) is 12.1 Å². The molecule has 0 heterocycles. The molecule has 0 aromatic heterocycles. The molecule has 6 heteroatoms. The standard InChI is InChI=1S/C10H11NO4S/c1-2-6-11-16(14,15)9-5-3-4-8(7-9)10(12)13/h2-5,7,11H,1,6H2,(H,12,13). The molecule has 0 atom stereocenters. The lowest BCUT2D eigenvalue weighted by Crippen LogP contribution is -2.23. The first-order valence-corrected chi connectivity index (χ1v) is 5.89. The number of carboxylic acids is 1. The third kappa shape index (κ3) is 2.91. The highest BCUT2D eigenvalue weighted by molar-refractivity contribution is 7.89. The van der Waals surface area contributed by atoms with Crippen LogP contribution >= 0.6 is 0 Å². The van der Waals surface area contributed by atoms with Gasteiger partial charge in [-0.15, -0.1) is 6.58 Å². The molecule has 0 amide bonds. The maximum absolute atomic E-state index is 11.6. The van der Waals surface area contributed by atoms with E-state index in [1.54, 1.807) is 0 Å². The zero-order chi connectivity index (χ0) is 12.2. The Hall–Kier alpha value is -1.66. The molecule has 86 valence electrons. The third-order valence-corrected chi connectivity index (χ3v) is 3.23. The lowest BCUT2D eigenvalue weighted by Gasteiger charge is -2.04. The summed E-state index contributed by atoms with van der Waals surface area (Å²) in [6, 6.07) is 5.15. The molecule has 0 fully saturated rings. The highest BCUT2D eigenvalue weighted by Crippen LogP contribution is 2.11. The second kappa shape index (κ2) is 4.91. The largest absolute Gasteiger partial charge is 0.478 e. The molecule has 0 spiro atoms. The monoisotopic (exact) mass is 241 g/mol. The number of carboxylic acid groups (broad SMARTS) is 1. The second-order valence-corrected chi connectivity index (χ2v) is 4.74. The first kappa shape index (κ1) is 12.4. The van der Waals surface area contributed by atoms with Gasteiger partial charge in [-0.25, -0.2) is 17.9 Å². The van der Waals surface area contributed by atoms with E-state index in [1.165, 1.54) is 24.3 Å². The van der Waals surface area contributed by atoms with Gasteiger partial charge < -0.3 is 5.11 Å². The number of hydrogen-bond acceptors (Lipinski definition) is 3. The maximum atomic E-state index is 11.6. The van der Waals surface area contributed by atoms with Crippen molar-refractivity contribution in [3.05, 3.63) is 42.5 Å². The Morgan fingerprint density at radius 1 is 1.50 bits per heavy atom. The van der Waals surface area contributed by atoms with Gasteiger partial charge in [0.25, 0.3) is 0 Å². The summed E-state index contributed by atoms with van der Waals surface area (Å²) < 4.78 is 25.5. The molecule has 0 saturated carbocycles. The summed E-state index contributed by atoms with van der Waals surface area (Å²) in [7, 11) is -3.66. The number of nitrogens with one attached hydrogen (secondary N) is 1. The van der Waals surface area contributed by atoms with Gasteiger partial charge in [0.05, 0.1) is 10.5 Å². The molecule has 5 nitrogen and oxygen atoms in total. The van der Waals surface area contributed by atoms with Crippen LogP contribution in [0.1, 0.15) is 10.4 Å². The summed E-state index contributed by atoms with van der Waals surface area (Å²) in [5.74, 6) is -1.17. The van der Waals surface area contributed by atoms with Crippen LogP contribution in [0.3, 0.4) is 0 Å². The average Bonchev–Trinajstić information content (AvgIpc) is 2.26. The molecular weight excluding hydrogens is 230 g/mol. The van der Waals surface area contributed by atoms with Crippen molar-refractivity contribution in [1.82, 2.24) is 4.72 Å². The van der Waals surface area contributed by atoms with Crippen molar-refractivity contribution in [2.45, 2.75) is 4.90 Å². The Morgan fingerprint density at radius 3 is 2.75 bits per heavy atom. The van der Waals surface area contributed by atoms with Crippen LogP contribution in [-0.4, -0.2) is 26.0 Å². The minimum atomic E-state index is -3.66. The molecule has 0 radical (unpaired) electrons. The number of sulfonamides is 1. The summed E-state index contributed by atoms with van der Waals surface area (Å²) in [6.45, 7) is 3.48. The smallest absolute Gasteiger partial charge is 0.335 e. The van der Waals surface area contributed by atoms with E-state index < -0.39 is 16.0 Å². The predicted octanol–water partition coefficient (Wildman–Crippen LogP) is 0.849. The summed E-state index contributed by atoms with van der Waals surface area (Å²) in [6.07, 6.45) is 1.40. The topological polar surface area (TPSA) is 83.5 Å². The lowest BCUT2D eigenvalue weighted by atomic mass is 10.2. The summed E-state index contributed by atoms with van der Waals surface area (Å²) >= 11 is 0. The molecule has 0 aliphatic carbocycles. The van der Waals surface area contributed by atoms with Crippen molar-refractivity contribution in [1.29, 1.82) is 0 Å². The number of rotatable bonds is 5.